The molecule has 2 aromatic heterocycles. The number of fused-ring (bicyclic) bond motifs is 2. The van der Waals surface area contributed by atoms with E-state index in [1.54, 1.807) is 16.9 Å². The molecular weight excluding hydrogens is 330 g/mol. The zero-order valence-corrected chi connectivity index (χ0v) is 14.3. The first-order valence-electron chi connectivity index (χ1n) is 8.96. The molecule has 1 saturated heterocycles. The zero-order valence-electron chi connectivity index (χ0n) is 14.3. The second kappa shape index (κ2) is 6.17. The van der Waals surface area contributed by atoms with Crippen molar-refractivity contribution in [3.8, 4) is 0 Å². The molecule has 5 rings (SSSR count). The summed E-state index contributed by atoms with van der Waals surface area (Å²) in [5.41, 5.74) is 2.08. The van der Waals surface area contributed by atoms with Gasteiger partial charge in [-0.05, 0) is 24.8 Å². The number of nitrogens with one attached hydrogen (secondary N) is 1. The van der Waals surface area contributed by atoms with Crippen molar-refractivity contribution in [2.45, 2.75) is 31.3 Å². The fourth-order valence-corrected chi connectivity index (χ4v) is 3.88. The van der Waals surface area contributed by atoms with Crippen molar-refractivity contribution in [1.82, 2.24) is 20.0 Å². The quantitative estimate of drug-likeness (QED) is 0.775. The van der Waals surface area contributed by atoms with Crippen LogP contribution >= 0.6 is 0 Å². The third kappa shape index (κ3) is 2.55. The van der Waals surface area contributed by atoms with E-state index in [9.17, 15) is 4.79 Å². The maximum atomic E-state index is 12.6. The van der Waals surface area contributed by atoms with Crippen LogP contribution < -0.4 is 10.9 Å². The van der Waals surface area contributed by atoms with E-state index in [2.05, 4.69) is 20.6 Å². The molecule has 1 fully saturated rings. The standard InChI is InChI=1S/C19H19N5O2/c25-18-8-12-5-3-7-15(12)23-24(18)17-11-26-10-16(17)21-19-14-6-2-1-4-13(14)9-20-22-19/h1-2,4,6,8-9,16-17H,3,5,7,10-11H2,(H,21,22). The Hall–Kier alpha value is -2.80. The van der Waals surface area contributed by atoms with Gasteiger partial charge in [-0.2, -0.15) is 10.2 Å². The second-order valence-corrected chi connectivity index (χ2v) is 6.89. The average molecular weight is 349 g/mol. The monoisotopic (exact) mass is 349 g/mol. The summed E-state index contributed by atoms with van der Waals surface area (Å²) >= 11 is 0. The minimum absolute atomic E-state index is 0.0584. The van der Waals surface area contributed by atoms with E-state index in [4.69, 9.17) is 4.74 Å². The Morgan fingerprint density at radius 2 is 2.12 bits per heavy atom. The lowest BCUT2D eigenvalue weighted by Gasteiger charge is -2.21. The summed E-state index contributed by atoms with van der Waals surface area (Å²) < 4.78 is 7.26. The fraction of sp³-hybridized carbons (Fsp3) is 0.368. The number of hydrogen-bond acceptors (Lipinski definition) is 6. The van der Waals surface area contributed by atoms with Crippen molar-refractivity contribution in [1.29, 1.82) is 0 Å². The minimum atomic E-state index is -0.158. The molecule has 0 saturated carbocycles. The van der Waals surface area contributed by atoms with Crippen molar-refractivity contribution < 1.29 is 4.74 Å². The van der Waals surface area contributed by atoms with Crippen molar-refractivity contribution in [3.05, 3.63) is 58.1 Å². The number of hydrogen-bond donors (Lipinski definition) is 1. The third-order valence-electron chi connectivity index (χ3n) is 5.24. The molecular formula is C19H19N5O2. The van der Waals surface area contributed by atoms with E-state index in [0.717, 1.165) is 41.3 Å². The van der Waals surface area contributed by atoms with Crippen LogP contribution in [-0.4, -0.2) is 39.2 Å². The second-order valence-electron chi connectivity index (χ2n) is 6.89. The highest BCUT2D eigenvalue weighted by Gasteiger charge is 2.33. The molecule has 0 amide bonds. The molecule has 3 heterocycles. The lowest BCUT2D eigenvalue weighted by molar-refractivity contribution is 0.182. The smallest absolute Gasteiger partial charge is 0.267 e. The number of anilines is 1. The van der Waals surface area contributed by atoms with Crippen LogP contribution in [0.3, 0.4) is 0 Å². The van der Waals surface area contributed by atoms with Gasteiger partial charge in [-0.1, -0.05) is 24.3 Å². The van der Waals surface area contributed by atoms with Gasteiger partial charge in [0.15, 0.2) is 5.82 Å². The lowest BCUT2D eigenvalue weighted by atomic mass is 10.1. The largest absolute Gasteiger partial charge is 0.377 e. The highest BCUT2D eigenvalue weighted by molar-refractivity contribution is 5.90. The molecule has 7 nitrogen and oxygen atoms in total. The molecule has 0 spiro atoms. The van der Waals surface area contributed by atoms with Crippen LogP contribution in [0.15, 0.2) is 41.3 Å². The summed E-state index contributed by atoms with van der Waals surface area (Å²) in [6, 6.07) is 9.46. The highest BCUT2D eigenvalue weighted by Crippen LogP contribution is 2.26. The van der Waals surface area contributed by atoms with Crippen LogP contribution in [0, 0.1) is 0 Å². The van der Waals surface area contributed by atoms with Gasteiger partial charge in [-0.25, -0.2) is 4.68 Å². The van der Waals surface area contributed by atoms with Crippen LogP contribution in [-0.2, 0) is 17.6 Å². The minimum Gasteiger partial charge on any atom is -0.377 e. The van der Waals surface area contributed by atoms with Crippen molar-refractivity contribution in [2.75, 3.05) is 18.5 Å². The molecule has 1 N–H and O–H groups in total. The van der Waals surface area contributed by atoms with Crippen LogP contribution in [0.1, 0.15) is 23.7 Å². The summed E-state index contributed by atoms with van der Waals surface area (Å²) in [6.45, 7) is 0.961. The normalized spacial score (nSPS) is 21.8. The molecule has 26 heavy (non-hydrogen) atoms. The molecule has 2 aliphatic rings. The Balaban J connectivity index is 1.49. The van der Waals surface area contributed by atoms with E-state index in [1.807, 2.05) is 24.3 Å². The Bertz CT molecular complexity index is 1030. The zero-order chi connectivity index (χ0) is 17.5. The molecule has 1 aliphatic heterocycles. The van der Waals surface area contributed by atoms with Crippen LogP contribution in [0.4, 0.5) is 5.82 Å². The summed E-state index contributed by atoms with van der Waals surface area (Å²) in [7, 11) is 0. The fourth-order valence-electron chi connectivity index (χ4n) is 3.88. The summed E-state index contributed by atoms with van der Waals surface area (Å²) in [5.74, 6) is 0.706. The number of nitrogens with zero attached hydrogens (tertiary/aromatic N) is 4. The van der Waals surface area contributed by atoms with Crippen molar-refractivity contribution in [3.63, 3.8) is 0 Å². The van der Waals surface area contributed by atoms with Crippen LogP contribution in [0.2, 0.25) is 0 Å². The number of aryl methyl sites for hydroxylation is 2. The van der Waals surface area contributed by atoms with E-state index in [1.165, 1.54) is 0 Å². The summed E-state index contributed by atoms with van der Waals surface area (Å²) in [6.07, 6.45) is 4.71. The number of rotatable bonds is 3. The van der Waals surface area contributed by atoms with Gasteiger partial charge in [0.2, 0.25) is 0 Å². The topological polar surface area (TPSA) is 81.9 Å². The first-order valence-corrected chi connectivity index (χ1v) is 8.96. The Kier molecular flexibility index (Phi) is 3.67. The van der Waals surface area contributed by atoms with E-state index < -0.39 is 0 Å². The molecule has 7 heteroatoms. The van der Waals surface area contributed by atoms with E-state index in [0.29, 0.717) is 19.0 Å². The Morgan fingerprint density at radius 3 is 3.08 bits per heavy atom. The molecule has 1 aliphatic carbocycles. The maximum Gasteiger partial charge on any atom is 0.267 e. The van der Waals surface area contributed by atoms with Gasteiger partial charge in [0.05, 0.1) is 31.1 Å². The Morgan fingerprint density at radius 1 is 1.19 bits per heavy atom. The van der Waals surface area contributed by atoms with Gasteiger partial charge < -0.3 is 10.1 Å². The molecule has 1 aromatic carbocycles. The number of benzene rings is 1. The summed E-state index contributed by atoms with van der Waals surface area (Å²) in [4.78, 5) is 12.6. The van der Waals surface area contributed by atoms with Gasteiger partial charge >= 0.3 is 0 Å². The van der Waals surface area contributed by atoms with Gasteiger partial charge in [-0.3, -0.25) is 4.79 Å². The first-order chi connectivity index (χ1) is 12.8. The van der Waals surface area contributed by atoms with Crippen molar-refractivity contribution >= 4 is 16.6 Å². The first kappa shape index (κ1) is 15.5. The molecule has 2 unspecified atom stereocenters. The molecule has 0 radical (unpaired) electrons. The van der Waals surface area contributed by atoms with Gasteiger partial charge in [0.25, 0.3) is 5.56 Å². The van der Waals surface area contributed by atoms with E-state index in [-0.39, 0.29) is 17.6 Å². The highest BCUT2D eigenvalue weighted by atomic mass is 16.5. The predicted octanol–water partition coefficient (Wildman–Crippen LogP) is 1.73. The SMILES string of the molecule is O=c1cc2c(nn1C1COCC1Nc1nncc3ccccc13)CCC2. The summed E-state index contributed by atoms with van der Waals surface area (Å²) in [5, 5.41) is 18.4. The molecule has 0 bridgehead atoms. The van der Waals surface area contributed by atoms with Crippen molar-refractivity contribution in [2.24, 2.45) is 0 Å². The number of ether oxygens (including phenoxy) is 1. The van der Waals surface area contributed by atoms with Gasteiger partial charge in [0, 0.05) is 16.8 Å². The van der Waals surface area contributed by atoms with E-state index >= 15 is 0 Å². The van der Waals surface area contributed by atoms with Gasteiger partial charge in [0.1, 0.15) is 6.04 Å². The molecule has 2 atom stereocenters. The average Bonchev–Trinajstić information content (AvgIpc) is 3.30. The number of aromatic nitrogens is 4. The Labute approximate surface area is 150 Å². The van der Waals surface area contributed by atoms with Gasteiger partial charge in [-0.15, -0.1) is 5.10 Å². The lowest BCUT2D eigenvalue weighted by Crippen LogP contribution is -2.38. The predicted molar refractivity (Wildman–Crippen MR) is 97.3 cm³/mol. The maximum absolute atomic E-state index is 12.6. The molecule has 3 aromatic rings. The van der Waals surface area contributed by atoms with Crippen LogP contribution in [0.5, 0.6) is 0 Å². The van der Waals surface area contributed by atoms with Crippen LogP contribution in [0.25, 0.3) is 10.8 Å². The third-order valence-corrected chi connectivity index (χ3v) is 5.24. The molecule has 132 valence electrons.